The predicted molar refractivity (Wildman–Crippen MR) is 62.3 cm³/mol. The highest BCUT2D eigenvalue weighted by Crippen LogP contribution is 1.99. The highest BCUT2D eigenvalue weighted by atomic mass is 16.4. The van der Waals surface area contributed by atoms with E-state index >= 15 is 0 Å². The topological polar surface area (TPSA) is 60.9 Å². The number of hydrogen-bond donors (Lipinski definition) is 1. The van der Waals surface area contributed by atoms with Crippen molar-refractivity contribution >= 4 is 11.9 Å². The molecule has 0 rings (SSSR count). The quantitative estimate of drug-likeness (QED) is 0.665. The fourth-order valence-corrected chi connectivity index (χ4v) is 1.45. The molecule has 0 saturated heterocycles. The summed E-state index contributed by atoms with van der Waals surface area (Å²) in [6, 6.07) is 0. The second kappa shape index (κ2) is 8.10. The van der Waals surface area contributed by atoms with Crippen molar-refractivity contribution in [2.24, 2.45) is 0 Å². The first-order chi connectivity index (χ1) is 7.47. The standard InChI is InChI=1S/C11H22N2O3/c1-4-7-13(9-11(15)16)8-5-6-10(14)12(2)3/h4-9H2,1-3H3,(H,15,16). The molecule has 0 aliphatic heterocycles. The number of aliphatic carboxylic acids is 1. The molecule has 0 fully saturated rings. The van der Waals surface area contributed by atoms with E-state index in [0.29, 0.717) is 19.4 Å². The number of carboxylic acid groups (broad SMARTS) is 1. The van der Waals surface area contributed by atoms with Crippen LogP contribution in [0.2, 0.25) is 0 Å². The van der Waals surface area contributed by atoms with E-state index < -0.39 is 5.97 Å². The predicted octanol–water partition coefficient (Wildman–Crippen LogP) is 0.651. The van der Waals surface area contributed by atoms with Gasteiger partial charge in [-0.05, 0) is 25.9 Å². The molecular formula is C11H22N2O3. The SMILES string of the molecule is CCCN(CCCC(=O)N(C)C)CC(=O)O. The lowest BCUT2D eigenvalue weighted by Gasteiger charge is -2.19. The van der Waals surface area contributed by atoms with Crippen molar-refractivity contribution in [2.75, 3.05) is 33.7 Å². The van der Waals surface area contributed by atoms with Crippen LogP contribution in [0.15, 0.2) is 0 Å². The highest BCUT2D eigenvalue weighted by molar-refractivity contribution is 5.75. The van der Waals surface area contributed by atoms with E-state index in [1.54, 1.807) is 19.0 Å². The summed E-state index contributed by atoms with van der Waals surface area (Å²) in [5, 5.41) is 8.69. The van der Waals surface area contributed by atoms with E-state index in [1.165, 1.54) is 0 Å². The molecule has 0 radical (unpaired) electrons. The third kappa shape index (κ3) is 7.23. The largest absolute Gasteiger partial charge is 0.480 e. The first-order valence-corrected chi connectivity index (χ1v) is 5.61. The zero-order valence-electron chi connectivity index (χ0n) is 10.4. The van der Waals surface area contributed by atoms with Gasteiger partial charge in [-0.15, -0.1) is 0 Å². The molecule has 5 heteroatoms. The normalized spacial score (nSPS) is 10.5. The Hall–Kier alpha value is -1.10. The monoisotopic (exact) mass is 230 g/mol. The van der Waals surface area contributed by atoms with Gasteiger partial charge in [0.25, 0.3) is 0 Å². The maximum absolute atomic E-state index is 11.3. The second-order valence-electron chi connectivity index (χ2n) is 4.06. The summed E-state index contributed by atoms with van der Waals surface area (Å²) in [5.74, 6) is -0.723. The van der Waals surface area contributed by atoms with Crippen LogP contribution >= 0.6 is 0 Å². The first kappa shape index (κ1) is 14.9. The van der Waals surface area contributed by atoms with Crippen LogP contribution in [-0.2, 0) is 9.59 Å². The van der Waals surface area contributed by atoms with Crippen LogP contribution in [-0.4, -0.2) is 60.5 Å². The minimum atomic E-state index is -0.813. The Morgan fingerprint density at radius 1 is 1.19 bits per heavy atom. The average molecular weight is 230 g/mol. The first-order valence-electron chi connectivity index (χ1n) is 5.61. The number of carboxylic acids is 1. The van der Waals surface area contributed by atoms with Crippen molar-refractivity contribution in [1.82, 2.24) is 9.80 Å². The summed E-state index contributed by atoms with van der Waals surface area (Å²) < 4.78 is 0. The van der Waals surface area contributed by atoms with E-state index in [2.05, 4.69) is 0 Å². The van der Waals surface area contributed by atoms with Gasteiger partial charge < -0.3 is 10.0 Å². The van der Waals surface area contributed by atoms with Gasteiger partial charge >= 0.3 is 5.97 Å². The van der Waals surface area contributed by atoms with E-state index in [9.17, 15) is 9.59 Å². The van der Waals surface area contributed by atoms with Crippen LogP contribution in [0.25, 0.3) is 0 Å². The Morgan fingerprint density at radius 3 is 2.25 bits per heavy atom. The van der Waals surface area contributed by atoms with Crippen molar-refractivity contribution in [1.29, 1.82) is 0 Å². The van der Waals surface area contributed by atoms with Gasteiger partial charge in [-0.2, -0.15) is 0 Å². The lowest BCUT2D eigenvalue weighted by molar-refractivity contribution is -0.138. The van der Waals surface area contributed by atoms with Gasteiger partial charge in [-0.25, -0.2) is 0 Å². The van der Waals surface area contributed by atoms with Gasteiger partial charge in [0, 0.05) is 20.5 Å². The van der Waals surface area contributed by atoms with E-state index in [4.69, 9.17) is 5.11 Å². The molecule has 16 heavy (non-hydrogen) atoms. The van der Waals surface area contributed by atoms with Crippen LogP contribution in [0.4, 0.5) is 0 Å². The van der Waals surface area contributed by atoms with Crippen LogP contribution in [0, 0.1) is 0 Å². The summed E-state index contributed by atoms with van der Waals surface area (Å²) in [6.45, 7) is 3.51. The highest BCUT2D eigenvalue weighted by Gasteiger charge is 2.10. The summed E-state index contributed by atoms with van der Waals surface area (Å²) in [4.78, 5) is 25.3. The molecule has 1 N–H and O–H groups in total. The third-order valence-electron chi connectivity index (χ3n) is 2.26. The Balaban J connectivity index is 3.83. The molecule has 0 atom stereocenters. The Kier molecular flexibility index (Phi) is 7.54. The molecule has 0 aromatic heterocycles. The molecule has 0 spiro atoms. The zero-order valence-corrected chi connectivity index (χ0v) is 10.4. The van der Waals surface area contributed by atoms with E-state index in [-0.39, 0.29) is 12.5 Å². The summed E-state index contributed by atoms with van der Waals surface area (Å²) in [5.41, 5.74) is 0. The average Bonchev–Trinajstić information content (AvgIpc) is 2.16. The molecule has 0 saturated carbocycles. The smallest absolute Gasteiger partial charge is 0.317 e. The van der Waals surface area contributed by atoms with Crippen molar-refractivity contribution in [3.8, 4) is 0 Å². The zero-order chi connectivity index (χ0) is 12.6. The van der Waals surface area contributed by atoms with Crippen molar-refractivity contribution in [3.63, 3.8) is 0 Å². The molecule has 94 valence electrons. The number of hydrogen-bond acceptors (Lipinski definition) is 3. The molecule has 0 aliphatic carbocycles. The van der Waals surface area contributed by atoms with Crippen molar-refractivity contribution in [3.05, 3.63) is 0 Å². The lowest BCUT2D eigenvalue weighted by atomic mass is 10.2. The van der Waals surface area contributed by atoms with Gasteiger partial charge in [0.2, 0.25) is 5.91 Å². The Labute approximate surface area is 97.0 Å². The molecule has 0 bridgehead atoms. The maximum atomic E-state index is 11.3. The number of carbonyl (C=O) groups is 2. The number of rotatable bonds is 8. The maximum Gasteiger partial charge on any atom is 0.317 e. The summed E-state index contributed by atoms with van der Waals surface area (Å²) in [7, 11) is 3.45. The summed E-state index contributed by atoms with van der Waals surface area (Å²) in [6.07, 6.45) is 2.12. The van der Waals surface area contributed by atoms with Gasteiger partial charge in [-0.3, -0.25) is 14.5 Å². The molecule has 0 heterocycles. The minimum absolute atomic E-state index is 0.0595. The fourth-order valence-electron chi connectivity index (χ4n) is 1.45. The molecule has 5 nitrogen and oxygen atoms in total. The summed E-state index contributed by atoms with van der Waals surface area (Å²) >= 11 is 0. The van der Waals surface area contributed by atoms with Crippen molar-refractivity contribution < 1.29 is 14.7 Å². The molecule has 0 unspecified atom stereocenters. The van der Waals surface area contributed by atoms with E-state index in [1.807, 2.05) is 11.8 Å². The molecular weight excluding hydrogens is 208 g/mol. The molecule has 0 aromatic rings. The number of amides is 1. The number of carbonyl (C=O) groups excluding carboxylic acids is 1. The molecule has 1 amide bonds. The lowest BCUT2D eigenvalue weighted by Crippen LogP contribution is -2.32. The second-order valence-corrected chi connectivity index (χ2v) is 4.06. The van der Waals surface area contributed by atoms with Crippen LogP contribution in [0.3, 0.4) is 0 Å². The van der Waals surface area contributed by atoms with Crippen molar-refractivity contribution in [2.45, 2.75) is 26.2 Å². The number of nitrogens with zero attached hydrogens (tertiary/aromatic N) is 2. The van der Waals surface area contributed by atoms with Gasteiger partial charge in [0.1, 0.15) is 0 Å². The van der Waals surface area contributed by atoms with E-state index in [0.717, 1.165) is 13.0 Å². The third-order valence-corrected chi connectivity index (χ3v) is 2.26. The van der Waals surface area contributed by atoms with Crippen LogP contribution in [0.1, 0.15) is 26.2 Å². The molecule has 0 aliphatic rings. The minimum Gasteiger partial charge on any atom is -0.480 e. The molecule has 0 aromatic carbocycles. The van der Waals surface area contributed by atoms with Crippen LogP contribution in [0.5, 0.6) is 0 Å². The van der Waals surface area contributed by atoms with Gasteiger partial charge in [-0.1, -0.05) is 6.92 Å². The van der Waals surface area contributed by atoms with Crippen LogP contribution < -0.4 is 0 Å². The fraction of sp³-hybridized carbons (Fsp3) is 0.818. The van der Waals surface area contributed by atoms with Gasteiger partial charge in [0.15, 0.2) is 0 Å². The van der Waals surface area contributed by atoms with Gasteiger partial charge in [0.05, 0.1) is 6.54 Å². The Bertz CT molecular complexity index is 229. The Morgan fingerprint density at radius 2 is 1.81 bits per heavy atom.